The van der Waals surface area contributed by atoms with Crippen molar-refractivity contribution in [2.24, 2.45) is 7.05 Å². The summed E-state index contributed by atoms with van der Waals surface area (Å²) in [6.07, 6.45) is 3.49. The molecule has 4 nitrogen and oxygen atoms in total. The molecule has 0 aliphatic carbocycles. The number of carbonyl (C=O) groups excluding carboxylic acids is 1. The second kappa shape index (κ2) is 4.80. The van der Waals surface area contributed by atoms with Gasteiger partial charge in [-0.05, 0) is 33.7 Å². The standard InChI is InChI=1S/C21H14N2O2/c1-22-11-12-23(20(22)21(24)25)17-10-8-15-6-5-13-3-2-4-14-7-9-16(17)19(15)18(13)14/h2-12H,1H3. The summed E-state index contributed by atoms with van der Waals surface area (Å²) in [6.45, 7) is 0. The van der Waals surface area contributed by atoms with E-state index in [0.29, 0.717) is 0 Å². The van der Waals surface area contributed by atoms with Gasteiger partial charge in [0.25, 0.3) is 0 Å². The van der Waals surface area contributed by atoms with Crippen molar-refractivity contribution in [1.82, 2.24) is 4.57 Å². The highest BCUT2D eigenvalue weighted by molar-refractivity contribution is 6.24. The van der Waals surface area contributed by atoms with Crippen LogP contribution in [0.25, 0.3) is 38.0 Å². The molecule has 0 fully saturated rings. The van der Waals surface area contributed by atoms with E-state index in [-0.39, 0.29) is 5.82 Å². The Hall–Kier alpha value is -3.40. The Balaban J connectivity index is 1.97. The lowest BCUT2D eigenvalue weighted by atomic mass is 9.93. The van der Waals surface area contributed by atoms with Gasteiger partial charge in [0.15, 0.2) is 5.97 Å². The first-order valence-electron chi connectivity index (χ1n) is 8.10. The van der Waals surface area contributed by atoms with Crippen LogP contribution < -0.4 is 9.67 Å². The van der Waals surface area contributed by atoms with E-state index in [1.807, 2.05) is 12.1 Å². The van der Waals surface area contributed by atoms with E-state index in [1.165, 1.54) is 16.2 Å². The van der Waals surface area contributed by atoms with Crippen LogP contribution in [0.3, 0.4) is 0 Å². The maximum absolute atomic E-state index is 11.6. The van der Waals surface area contributed by atoms with Gasteiger partial charge in [0.05, 0.1) is 7.05 Å². The lowest BCUT2D eigenvalue weighted by Gasteiger charge is -2.13. The van der Waals surface area contributed by atoms with E-state index in [0.717, 1.165) is 21.8 Å². The molecule has 0 saturated carbocycles. The predicted molar refractivity (Wildman–Crippen MR) is 95.0 cm³/mol. The number of imidazole rings is 1. The minimum atomic E-state index is -1.20. The Morgan fingerprint density at radius 3 is 2.28 bits per heavy atom. The van der Waals surface area contributed by atoms with Crippen LogP contribution >= 0.6 is 0 Å². The van der Waals surface area contributed by atoms with Gasteiger partial charge in [-0.1, -0.05) is 42.5 Å². The zero-order valence-corrected chi connectivity index (χ0v) is 13.6. The molecule has 0 spiro atoms. The third-order valence-corrected chi connectivity index (χ3v) is 4.95. The van der Waals surface area contributed by atoms with Crippen molar-refractivity contribution < 1.29 is 14.5 Å². The summed E-state index contributed by atoms with van der Waals surface area (Å²) in [6, 6.07) is 18.7. The molecule has 0 N–H and O–H groups in total. The number of nitrogens with zero attached hydrogens (tertiary/aromatic N) is 2. The summed E-state index contributed by atoms with van der Waals surface area (Å²) in [5.41, 5.74) is 0.838. The number of carboxylic acids is 1. The lowest BCUT2D eigenvalue weighted by Crippen LogP contribution is -2.41. The van der Waals surface area contributed by atoms with Crippen LogP contribution in [0.2, 0.25) is 0 Å². The minimum Gasteiger partial charge on any atom is -0.538 e. The number of hydrogen-bond donors (Lipinski definition) is 0. The van der Waals surface area contributed by atoms with Crippen molar-refractivity contribution in [3.63, 3.8) is 0 Å². The van der Waals surface area contributed by atoms with Gasteiger partial charge in [-0.3, -0.25) is 0 Å². The molecule has 4 aromatic carbocycles. The lowest BCUT2D eigenvalue weighted by molar-refractivity contribution is -0.675. The summed E-state index contributed by atoms with van der Waals surface area (Å²) < 4.78 is 3.24. The van der Waals surface area contributed by atoms with E-state index in [2.05, 4.69) is 42.5 Å². The highest BCUT2D eigenvalue weighted by Crippen LogP contribution is 2.37. The molecule has 0 aliphatic rings. The molecular weight excluding hydrogens is 312 g/mol. The average Bonchev–Trinajstić information content (AvgIpc) is 3.01. The molecule has 25 heavy (non-hydrogen) atoms. The molecule has 0 bridgehead atoms. The van der Waals surface area contributed by atoms with E-state index in [1.54, 1.807) is 28.6 Å². The number of aryl methyl sites for hydroxylation is 1. The van der Waals surface area contributed by atoms with Crippen molar-refractivity contribution in [2.75, 3.05) is 0 Å². The topological polar surface area (TPSA) is 48.9 Å². The molecule has 0 amide bonds. The molecule has 1 aromatic heterocycles. The molecular formula is C21H14N2O2. The molecule has 4 heteroatoms. The fourth-order valence-electron chi connectivity index (χ4n) is 3.84. The monoisotopic (exact) mass is 326 g/mol. The van der Waals surface area contributed by atoms with Gasteiger partial charge in [-0.2, -0.15) is 4.57 Å². The zero-order chi connectivity index (χ0) is 17.1. The first-order valence-corrected chi connectivity index (χ1v) is 8.10. The van der Waals surface area contributed by atoms with Crippen LogP contribution in [0, 0.1) is 0 Å². The van der Waals surface area contributed by atoms with Crippen molar-refractivity contribution in [3.8, 4) is 5.69 Å². The van der Waals surface area contributed by atoms with Gasteiger partial charge >= 0.3 is 5.82 Å². The summed E-state index contributed by atoms with van der Waals surface area (Å²) in [4.78, 5) is 11.6. The molecule has 1 heterocycles. The third kappa shape index (κ3) is 1.82. The highest BCUT2D eigenvalue weighted by atomic mass is 16.4. The number of carbonyl (C=O) groups is 1. The molecule has 5 aromatic rings. The molecule has 0 atom stereocenters. The predicted octanol–water partition coefficient (Wildman–Crippen LogP) is 2.56. The summed E-state index contributed by atoms with van der Waals surface area (Å²) >= 11 is 0. The van der Waals surface area contributed by atoms with Gasteiger partial charge in [0.2, 0.25) is 0 Å². The van der Waals surface area contributed by atoms with Crippen LogP contribution in [0.15, 0.2) is 67.0 Å². The van der Waals surface area contributed by atoms with Crippen molar-refractivity contribution in [2.45, 2.75) is 0 Å². The SMILES string of the molecule is C[n+]1ccn(-c2ccc3ccc4cccc5ccc2c3c45)c1C(=O)[O-]. The minimum absolute atomic E-state index is 0.120. The number of benzene rings is 4. The van der Waals surface area contributed by atoms with Gasteiger partial charge in [-0.25, -0.2) is 4.57 Å². The van der Waals surface area contributed by atoms with E-state index >= 15 is 0 Å². The number of carboxylic acid groups (broad SMARTS) is 1. The molecule has 0 aliphatic heterocycles. The highest BCUT2D eigenvalue weighted by Gasteiger charge is 2.21. The van der Waals surface area contributed by atoms with Crippen LogP contribution in [0.5, 0.6) is 0 Å². The van der Waals surface area contributed by atoms with Crippen molar-refractivity contribution in [3.05, 3.63) is 72.8 Å². The Labute approximate surface area is 143 Å². The van der Waals surface area contributed by atoms with E-state index < -0.39 is 5.97 Å². The molecule has 0 unspecified atom stereocenters. The second-order valence-corrected chi connectivity index (χ2v) is 6.33. The van der Waals surface area contributed by atoms with Gasteiger partial charge in [0.1, 0.15) is 18.1 Å². The maximum atomic E-state index is 11.6. The van der Waals surface area contributed by atoms with Gasteiger partial charge < -0.3 is 9.90 Å². The Morgan fingerprint density at radius 1 is 0.920 bits per heavy atom. The normalized spacial score (nSPS) is 11.7. The van der Waals surface area contributed by atoms with Crippen molar-refractivity contribution in [1.29, 1.82) is 0 Å². The van der Waals surface area contributed by atoms with Crippen LogP contribution in [0.4, 0.5) is 0 Å². The summed E-state index contributed by atoms with van der Waals surface area (Å²) in [5.74, 6) is -1.08. The quantitative estimate of drug-likeness (QED) is 0.370. The number of rotatable bonds is 2. The number of aromatic nitrogens is 2. The molecule has 0 saturated heterocycles. The Morgan fingerprint density at radius 2 is 1.56 bits per heavy atom. The van der Waals surface area contributed by atoms with E-state index in [9.17, 15) is 9.90 Å². The number of aromatic carboxylic acids is 1. The van der Waals surface area contributed by atoms with Crippen LogP contribution in [-0.4, -0.2) is 10.5 Å². The average molecular weight is 326 g/mol. The smallest absolute Gasteiger partial charge is 0.309 e. The largest absolute Gasteiger partial charge is 0.538 e. The van der Waals surface area contributed by atoms with E-state index in [4.69, 9.17) is 0 Å². The first kappa shape index (κ1) is 14.0. The fraction of sp³-hybridized carbons (Fsp3) is 0.0476. The molecule has 120 valence electrons. The van der Waals surface area contributed by atoms with Gasteiger partial charge in [0, 0.05) is 10.8 Å². The maximum Gasteiger partial charge on any atom is 0.309 e. The van der Waals surface area contributed by atoms with Crippen molar-refractivity contribution >= 4 is 38.3 Å². The molecule has 0 radical (unpaired) electrons. The Bertz CT molecular complexity index is 1270. The fourth-order valence-corrected chi connectivity index (χ4v) is 3.84. The first-order chi connectivity index (χ1) is 12.1. The van der Waals surface area contributed by atoms with Crippen LogP contribution in [-0.2, 0) is 7.05 Å². The third-order valence-electron chi connectivity index (χ3n) is 4.95. The summed E-state index contributed by atoms with van der Waals surface area (Å²) in [7, 11) is 1.71. The second-order valence-electron chi connectivity index (χ2n) is 6.33. The Kier molecular flexibility index (Phi) is 2.69. The number of hydrogen-bond acceptors (Lipinski definition) is 2. The van der Waals surface area contributed by atoms with Gasteiger partial charge in [-0.15, -0.1) is 0 Å². The zero-order valence-electron chi connectivity index (χ0n) is 13.6. The summed E-state index contributed by atoms with van der Waals surface area (Å²) in [5, 5.41) is 18.5. The van der Waals surface area contributed by atoms with Crippen LogP contribution in [0.1, 0.15) is 10.6 Å². The molecule has 5 rings (SSSR count).